The lowest BCUT2D eigenvalue weighted by Crippen LogP contribution is -2.40. The van der Waals surface area contributed by atoms with Gasteiger partial charge in [0.05, 0.1) is 34.4 Å². The number of hydrogen-bond donors (Lipinski definition) is 1. The topological polar surface area (TPSA) is 108 Å². The van der Waals surface area contributed by atoms with E-state index in [2.05, 4.69) is 160 Å². The van der Waals surface area contributed by atoms with Gasteiger partial charge >= 0.3 is 17.9 Å². The average molecular weight is 1240 g/mol. The highest BCUT2D eigenvalue weighted by molar-refractivity contribution is 5.71. The van der Waals surface area contributed by atoms with Crippen LogP contribution in [0.1, 0.15) is 284 Å². The van der Waals surface area contributed by atoms with Gasteiger partial charge in [-0.1, -0.05) is 301 Å². The number of carbonyl (C=O) groups is 3. The predicted octanol–water partition coefficient (Wildman–Crippen LogP) is 22.7. The van der Waals surface area contributed by atoms with Gasteiger partial charge in [0.25, 0.3) is 6.29 Å². The largest absolute Gasteiger partial charge is 0.477 e. The number of hydrogen-bond acceptors (Lipinski definition) is 7. The number of esters is 2. The van der Waals surface area contributed by atoms with E-state index in [0.717, 1.165) is 116 Å². The van der Waals surface area contributed by atoms with Crippen molar-refractivity contribution in [2.45, 2.75) is 296 Å². The number of unbranched alkanes of at least 4 members (excludes halogenated alkanes) is 26. The molecule has 0 spiro atoms. The minimum absolute atomic E-state index is 0.178. The molecule has 2 unspecified atom stereocenters. The first-order valence-electron chi connectivity index (χ1n) is 36.0. The molecule has 0 aromatic heterocycles. The molecule has 0 bridgehead atoms. The highest BCUT2D eigenvalue weighted by Crippen LogP contribution is 2.17. The van der Waals surface area contributed by atoms with E-state index in [1.165, 1.54) is 128 Å². The first kappa shape index (κ1) is 84.2. The molecule has 2 atom stereocenters. The van der Waals surface area contributed by atoms with Gasteiger partial charge in [0, 0.05) is 12.8 Å². The van der Waals surface area contributed by atoms with Crippen molar-refractivity contribution in [3.63, 3.8) is 0 Å². The number of ether oxygens (including phenoxy) is 4. The van der Waals surface area contributed by atoms with Crippen LogP contribution in [0.15, 0.2) is 146 Å². The van der Waals surface area contributed by atoms with E-state index >= 15 is 0 Å². The number of carboxylic acid groups (broad SMARTS) is 1. The standard InChI is InChI=1S/C80H133NO8/c1-6-8-10-12-14-16-18-20-22-24-26-28-30-31-32-33-34-35-36-37-38-39-40-41-42-43-44-45-46-47-49-51-53-55-57-59-61-63-65-67-69-71-78(83)89-76(75-88-80(79(84)85)86-73-72-81(3,4)5)74-87-77(82)70-68-66-64-62-60-58-56-54-52-50-48-29-27-25-23-21-19-17-15-13-11-9-7-2/h8-11,14-17,20-23,26-29,31-32,34-35,50,52,56,58,76,80H,6-7,12-13,18-19,24-25,30,33,36-49,51,53-55,57,59-75H2,1-5H3/p+1/b10-8-,11-9-,16-14-,17-15-,22-20-,23-21-,28-26-,29-27-,32-31-,35-34-,52-50-,58-56-. The smallest absolute Gasteiger partial charge is 0.361 e. The van der Waals surface area contributed by atoms with Crippen LogP contribution in [-0.2, 0) is 33.3 Å². The van der Waals surface area contributed by atoms with Crippen molar-refractivity contribution >= 4 is 17.9 Å². The quantitative estimate of drug-likeness (QED) is 0.0211. The first-order chi connectivity index (χ1) is 43.6. The molecular weight excluding hydrogens is 1100 g/mol. The molecule has 0 amide bonds. The molecular formula is C80H134NO8+. The average Bonchev–Trinajstić information content (AvgIpc) is 3.64. The zero-order valence-corrected chi connectivity index (χ0v) is 57.8. The molecule has 0 aliphatic heterocycles. The number of allylic oxidation sites excluding steroid dienone is 24. The maximum atomic E-state index is 13.0. The molecule has 0 heterocycles. The number of likely N-dealkylation sites (N-methyl/N-ethyl adjacent to an activating group) is 1. The number of rotatable bonds is 65. The van der Waals surface area contributed by atoms with Crippen molar-refractivity contribution in [3.8, 4) is 0 Å². The Hall–Kier alpha value is -4.83. The minimum Gasteiger partial charge on any atom is -0.477 e. The van der Waals surface area contributed by atoms with E-state index in [1.807, 2.05) is 21.1 Å². The van der Waals surface area contributed by atoms with Gasteiger partial charge in [-0.2, -0.15) is 0 Å². The zero-order chi connectivity index (χ0) is 64.7. The van der Waals surface area contributed by atoms with E-state index < -0.39 is 24.3 Å². The third kappa shape index (κ3) is 70.5. The van der Waals surface area contributed by atoms with Crippen LogP contribution >= 0.6 is 0 Å². The molecule has 0 rings (SSSR count). The van der Waals surface area contributed by atoms with Crippen LogP contribution in [0.3, 0.4) is 0 Å². The predicted molar refractivity (Wildman–Crippen MR) is 382 cm³/mol. The summed E-state index contributed by atoms with van der Waals surface area (Å²) in [6, 6.07) is 0. The maximum Gasteiger partial charge on any atom is 0.361 e. The lowest BCUT2D eigenvalue weighted by Gasteiger charge is -2.25. The molecule has 9 nitrogen and oxygen atoms in total. The fourth-order valence-electron chi connectivity index (χ4n) is 9.67. The van der Waals surface area contributed by atoms with Crippen LogP contribution in [0.5, 0.6) is 0 Å². The molecule has 0 aliphatic rings. The molecule has 0 fully saturated rings. The van der Waals surface area contributed by atoms with Crippen molar-refractivity contribution in [2.75, 3.05) is 47.5 Å². The summed E-state index contributed by atoms with van der Waals surface area (Å²) >= 11 is 0. The molecule has 0 aliphatic carbocycles. The van der Waals surface area contributed by atoms with Crippen molar-refractivity contribution < 1.29 is 42.9 Å². The molecule has 1 N–H and O–H groups in total. The molecule has 0 saturated carbocycles. The molecule has 0 saturated heterocycles. The lowest BCUT2D eigenvalue weighted by atomic mass is 10.0. The summed E-state index contributed by atoms with van der Waals surface area (Å²) in [5, 5.41) is 9.75. The SMILES string of the molecule is CC/C=C\C/C=C\C/C=C\C/C=C\C/C=C\C/C=C\CCCCCCCCCCCCCCCCCCCCCCCCC(=O)OC(COC(=O)CCCCCC/C=C\C/C=C\C/C=C\C/C=C\C/C=C\C/C=C\CC)COC(OCC[N+](C)(C)C)C(=O)O. The monoisotopic (exact) mass is 1240 g/mol. The van der Waals surface area contributed by atoms with E-state index in [-0.39, 0.29) is 38.6 Å². The normalized spacial score (nSPS) is 13.6. The van der Waals surface area contributed by atoms with Crippen molar-refractivity contribution in [1.82, 2.24) is 0 Å². The Bertz CT molecular complexity index is 1970. The van der Waals surface area contributed by atoms with E-state index in [0.29, 0.717) is 23.9 Å². The number of aliphatic carboxylic acids is 1. The summed E-state index contributed by atoms with van der Waals surface area (Å²) in [6.07, 6.45) is 98.3. The summed E-state index contributed by atoms with van der Waals surface area (Å²) in [5.41, 5.74) is 0. The van der Waals surface area contributed by atoms with Gasteiger partial charge in [-0.15, -0.1) is 0 Å². The Morgan fingerprint density at radius 2 is 0.607 bits per heavy atom. The van der Waals surface area contributed by atoms with Crippen molar-refractivity contribution in [3.05, 3.63) is 146 Å². The fraction of sp³-hybridized carbons (Fsp3) is 0.662. The highest BCUT2D eigenvalue weighted by atomic mass is 16.7. The van der Waals surface area contributed by atoms with Gasteiger partial charge in [0.1, 0.15) is 13.2 Å². The van der Waals surface area contributed by atoms with Gasteiger partial charge in [-0.25, -0.2) is 4.79 Å². The second-order valence-corrected chi connectivity index (χ2v) is 24.8. The second kappa shape index (κ2) is 69.1. The van der Waals surface area contributed by atoms with Crippen LogP contribution in [-0.4, -0.2) is 87.4 Å². The van der Waals surface area contributed by atoms with Gasteiger partial charge in [0.2, 0.25) is 0 Å². The highest BCUT2D eigenvalue weighted by Gasteiger charge is 2.25. The second-order valence-electron chi connectivity index (χ2n) is 24.8. The first-order valence-corrected chi connectivity index (χ1v) is 36.0. The third-order valence-corrected chi connectivity index (χ3v) is 15.1. The molecule has 89 heavy (non-hydrogen) atoms. The molecule has 0 radical (unpaired) electrons. The number of carbonyl (C=O) groups excluding carboxylic acids is 2. The zero-order valence-electron chi connectivity index (χ0n) is 57.8. The van der Waals surface area contributed by atoms with Crippen LogP contribution < -0.4 is 0 Å². The van der Waals surface area contributed by atoms with Gasteiger partial charge in [-0.05, 0) is 116 Å². The summed E-state index contributed by atoms with van der Waals surface area (Å²) < 4.78 is 22.9. The fourth-order valence-corrected chi connectivity index (χ4v) is 9.67. The van der Waals surface area contributed by atoms with Crippen LogP contribution in [0.4, 0.5) is 0 Å². The summed E-state index contributed by atoms with van der Waals surface area (Å²) in [7, 11) is 5.96. The third-order valence-electron chi connectivity index (χ3n) is 15.1. The molecule has 0 aromatic rings. The minimum atomic E-state index is -1.52. The summed E-state index contributed by atoms with van der Waals surface area (Å²) in [6.45, 7) is 4.62. The van der Waals surface area contributed by atoms with Crippen LogP contribution in [0, 0.1) is 0 Å². The lowest BCUT2D eigenvalue weighted by molar-refractivity contribution is -0.870. The van der Waals surface area contributed by atoms with E-state index in [1.54, 1.807) is 0 Å². The van der Waals surface area contributed by atoms with Gasteiger partial charge in [0.15, 0.2) is 6.10 Å². The summed E-state index contributed by atoms with van der Waals surface area (Å²) in [5.74, 6) is -2.04. The van der Waals surface area contributed by atoms with Gasteiger partial charge in [-0.3, -0.25) is 9.59 Å². The Kier molecular flexibility index (Phi) is 65.3. The number of nitrogens with zero attached hydrogens (tertiary/aromatic N) is 1. The Morgan fingerprint density at radius 1 is 0.337 bits per heavy atom. The van der Waals surface area contributed by atoms with Crippen molar-refractivity contribution in [2.24, 2.45) is 0 Å². The van der Waals surface area contributed by atoms with E-state index in [9.17, 15) is 19.5 Å². The van der Waals surface area contributed by atoms with Crippen molar-refractivity contribution in [1.29, 1.82) is 0 Å². The van der Waals surface area contributed by atoms with Crippen LogP contribution in [0.2, 0.25) is 0 Å². The van der Waals surface area contributed by atoms with Crippen LogP contribution in [0.25, 0.3) is 0 Å². The van der Waals surface area contributed by atoms with E-state index in [4.69, 9.17) is 18.9 Å². The van der Waals surface area contributed by atoms with Gasteiger partial charge < -0.3 is 28.5 Å². The Labute approximate surface area is 547 Å². The summed E-state index contributed by atoms with van der Waals surface area (Å²) in [4.78, 5) is 37.6. The number of quaternary nitrogens is 1. The number of carboxylic acids is 1. The molecule has 0 aromatic carbocycles. The molecule has 9 heteroatoms. The Balaban J connectivity index is 4.07. The Morgan fingerprint density at radius 3 is 0.899 bits per heavy atom. The molecule has 506 valence electrons. The maximum absolute atomic E-state index is 13.0.